The van der Waals surface area contributed by atoms with Crippen molar-refractivity contribution >= 4 is 73.8 Å². The van der Waals surface area contributed by atoms with E-state index in [1.54, 1.807) is 4.90 Å². The van der Waals surface area contributed by atoms with Crippen molar-refractivity contribution in [3.63, 3.8) is 0 Å². The second-order valence-corrected chi connectivity index (χ2v) is 12.7. The molecule has 1 aliphatic heterocycles. The van der Waals surface area contributed by atoms with Crippen LogP contribution in [-0.4, -0.2) is 24.4 Å². The Morgan fingerprint density at radius 3 is 2.12 bits per heavy atom. The predicted molar refractivity (Wildman–Crippen MR) is 166 cm³/mol. The van der Waals surface area contributed by atoms with Gasteiger partial charge in [-0.15, -0.1) is 0 Å². The zero-order valence-electron chi connectivity index (χ0n) is 21.2. The molecule has 5 rings (SSSR count). The van der Waals surface area contributed by atoms with E-state index in [9.17, 15) is 13.2 Å². The van der Waals surface area contributed by atoms with E-state index in [0.717, 1.165) is 11.1 Å². The molecular formula is C30H21Cl3N2O4S2. The lowest BCUT2D eigenvalue weighted by Crippen LogP contribution is -2.28. The number of aliphatic imine (C=N–C) groups is 1. The van der Waals surface area contributed by atoms with Crippen LogP contribution in [-0.2, 0) is 28.0 Å². The smallest absolute Gasteiger partial charge is 0.339 e. The summed E-state index contributed by atoms with van der Waals surface area (Å²) < 4.78 is 31.6. The Hall–Kier alpha value is -3.27. The molecule has 41 heavy (non-hydrogen) atoms. The Balaban J connectivity index is 1.51. The van der Waals surface area contributed by atoms with Crippen LogP contribution in [0.3, 0.4) is 0 Å². The first-order valence-electron chi connectivity index (χ1n) is 12.2. The molecule has 6 nitrogen and oxygen atoms in total. The van der Waals surface area contributed by atoms with E-state index in [-0.39, 0.29) is 32.2 Å². The van der Waals surface area contributed by atoms with Crippen LogP contribution >= 0.6 is 46.6 Å². The summed E-state index contributed by atoms with van der Waals surface area (Å²) in [6, 6.07) is 27.7. The molecule has 4 aromatic carbocycles. The molecule has 0 saturated carbocycles. The molecule has 1 fully saturated rings. The highest BCUT2D eigenvalue weighted by Gasteiger charge is 2.34. The van der Waals surface area contributed by atoms with Crippen LogP contribution in [0, 0.1) is 0 Å². The van der Waals surface area contributed by atoms with E-state index in [1.165, 1.54) is 54.2 Å². The van der Waals surface area contributed by atoms with Gasteiger partial charge in [0.15, 0.2) is 10.9 Å². The molecule has 1 heterocycles. The highest BCUT2D eigenvalue weighted by molar-refractivity contribution is 8.18. The number of halogens is 3. The number of benzene rings is 4. The summed E-state index contributed by atoms with van der Waals surface area (Å²) in [5, 5.41) is 1.10. The van der Waals surface area contributed by atoms with Gasteiger partial charge in [0.25, 0.3) is 5.91 Å². The lowest BCUT2D eigenvalue weighted by Gasteiger charge is -2.16. The average molecular weight is 644 g/mol. The van der Waals surface area contributed by atoms with Crippen LogP contribution < -0.4 is 4.18 Å². The summed E-state index contributed by atoms with van der Waals surface area (Å²) in [6.45, 7) is 0.688. The van der Waals surface area contributed by atoms with E-state index in [4.69, 9.17) is 44.0 Å². The number of hydrogen-bond acceptors (Lipinski definition) is 6. The molecule has 4 aromatic rings. The molecule has 0 atom stereocenters. The van der Waals surface area contributed by atoms with E-state index in [0.29, 0.717) is 28.2 Å². The van der Waals surface area contributed by atoms with Gasteiger partial charge in [0.1, 0.15) is 4.90 Å². The van der Waals surface area contributed by atoms with Gasteiger partial charge < -0.3 is 4.18 Å². The van der Waals surface area contributed by atoms with E-state index >= 15 is 0 Å². The molecule has 0 aromatic heterocycles. The van der Waals surface area contributed by atoms with Gasteiger partial charge in [-0.3, -0.25) is 14.7 Å². The minimum Gasteiger partial charge on any atom is -0.377 e. The number of carbonyl (C=O) groups is 1. The lowest BCUT2D eigenvalue weighted by molar-refractivity contribution is -0.122. The standard InChI is InChI=1S/C30H21Cl3N2O4S2/c31-23-11-13-25(14-12-23)41(37,38)39-28-22(15-24(32)17-26(28)33)16-27-29(36)35(19-21-9-5-2-6-10-21)30(40-27)34-18-20-7-3-1-4-8-20/h1-17H,18-19H2/b27-16+,34-30?. The highest BCUT2D eigenvalue weighted by Crippen LogP contribution is 2.40. The molecule has 208 valence electrons. The number of nitrogens with zero attached hydrogens (tertiary/aromatic N) is 2. The molecule has 0 aliphatic carbocycles. The average Bonchev–Trinajstić information content (AvgIpc) is 3.24. The summed E-state index contributed by atoms with van der Waals surface area (Å²) >= 11 is 19.8. The third kappa shape index (κ3) is 7.15. The molecular weight excluding hydrogens is 623 g/mol. The first-order valence-corrected chi connectivity index (χ1v) is 15.6. The maximum absolute atomic E-state index is 13.7. The van der Waals surface area contributed by atoms with Crippen LogP contribution in [0.25, 0.3) is 6.08 Å². The Labute approximate surface area is 257 Å². The van der Waals surface area contributed by atoms with Crippen LogP contribution in [0.1, 0.15) is 16.7 Å². The van der Waals surface area contributed by atoms with Crippen LogP contribution in [0.15, 0.2) is 112 Å². The lowest BCUT2D eigenvalue weighted by atomic mass is 10.1. The normalized spacial score (nSPS) is 15.6. The number of rotatable bonds is 8. The van der Waals surface area contributed by atoms with Crippen LogP contribution in [0.2, 0.25) is 15.1 Å². The molecule has 1 amide bonds. The monoisotopic (exact) mass is 642 g/mol. The molecule has 11 heteroatoms. The maximum atomic E-state index is 13.7. The predicted octanol–water partition coefficient (Wildman–Crippen LogP) is 8.09. The maximum Gasteiger partial charge on any atom is 0.339 e. The first kappa shape index (κ1) is 29.2. The minimum atomic E-state index is -4.28. The minimum absolute atomic E-state index is 0.0311. The molecule has 1 saturated heterocycles. The second-order valence-electron chi connectivity index (χ2n) is 8.87. The van der Waals surface area contributed by atoms with E-state index in [2.05, 4.69) is 0 Å². The number of amides is 1. The molecule has 0 radical (unpaired) electrons. The van der Waals surface area contributed by atoms with Gasteiger partial charge in [0, 0.05) is 15.6 Å². The Bertz CT molecular complexity index is 1750. The van der Waals surface area contributed by atoms with Gasteiger partial charge in [0.05, 0.1) is 23.0 Å². The van der Waals surface area contributed by atoms with Crippen molar-refractivity contribution < 1.29 is 17.4 Å². The summed E-state index contributed by atoms with van der Waals surface area (Å²) in [5.74, 6) is -0.454. The highest BCUT2D eigenvalue weighted by atomic mass is 35.5. The van der Waals surface area contributed by atoms with Crippen molar-refractivity contribution in [3.05, 3.63) is 134 Å². The molecule has 0 spiro atoms. The van der Waals surface area contributed by atoms with E-state index < -0.39 is 10.1 Å². The third-order valence-electron chi connectivity index (χ3n) is 5.93. The van der Waals surface area contributed by atoms with Gasteiger partial charge in [-0.05, 0) is 65.4 Å². The van der Waals surface area contributed by atoms with Crippen molar-refractivity contribution in [1.82, 2.24) is 4.90 Å². The van der Waals surface area contributed by atoms with Gasteiger partial charge in [-0.25, -0.2) is 0 Å². The Morgan fingerprint density at radius 2 is 1.46 bits per heavy atom. The fourth-order valence-corrected chi connectivity index (χ4v) is 6.61. The third-order valence-corrected chi connectivity index (χ3v) is 8.96. The van der Waals surface area contributed by atoms with Gasteiger partial charge in [-0.2, -0.15) is 8.42 Å². The number of amidine groups is 1. The topological polar surface area (TPSA) is 76.0 Å². The largest absolute Gasteiger partial charge is 0.377 e. The Morgan fingerprint density at radius 1 is 0.829 bits per heavy atom. The summed E-state index contributed by atoms with van der Waals surface area (Å²) in [7, 11) is -4.28. The zero-order valence-corrected chi connectivity index (χ0v) is 25.1. The van der Waals surface area contributed by atoms with Gasteiger partial charge >= 0.3 is 10.1 Å². The molecule has 1 aliphatic rings. The van der Waals surface area contributed by atoms with E-state index in [1.807, 2.05) is 60.7 Å². The molecule has 0 N–H and O–H groups in total. The number of hydrogen-bond donors (Lipinski definition) is 0. The zero-order chi connectivity index (χ0) is 29.0. The van der Waals surface area contributed by atoms with Gasteiger partial charge in [0.2, 0.25) is 0 Å². The Kier molecular flexibility index (Phi) is 9.06. The number of carbonyl (C=O) groups excluding carboxylic acids is 1. The number of thioether (sulfide) groups is 1. The molecule has 0 unspecified atom stereocenters. The van der Waals surface area contributed by atoms with Gasteiger partial charge in [-0.1, -0.05) is 95.5 Å². The van der Waals surface area contributed by atoms with Crippen molar-refractivity contribution in [2.75, 3.05) is 0 Å². The van der Waals surface area contributed by atoms with Crippen molar-refractivity contribution in [1.29, 1.82) is 0 Å². The van der Waals surface area contributed by atoms with Crippen molar-refractivity contribution in [3.8, 4) is 5.75 Å². The summed E-state index contributed by atoms with van der Waals surface area (Å²) in [6.07, 6.45) is 1.51. The molecule has 0 bridgehead atoms. The van der Waals surface area contributed by atoms with Crippen molar-refractivity contribution in [2.45, 2.75) is 18.0 Å². The quantitative estimate of drug-likeness (QED) is 0.143. The van der Waals surface area contributed by atoms with Crippen molar-refractivity contribution in [2.24, 2.45) is 4.99 Å². The SMILES string of the molecule is O=C1/C(=C\c2cc(Cl)cc(Cl)c2OS(=O)(=O)c2ccc(Cl)cc2)SC(=NCc2ccccc2)N1Cc1ccccc1. The second kappa shape index (κ2) is 12.7. The van der Waals surface area contributed by atoms with Crippen LogP contribution in [0.5, 0.6) is 5.75 Å². The summed E-state index contributed by atoms with van der Waals surface area (Å²) in [4.78, 5) is 20.2. The fraction of sp³-hybridized carbons (Fsp3) is 0.0667. The van der Waals surface area contributed by atoms with Crippen LogP contribution in [0.4, 0.5) is 0 Å². The summed E-state index contributed by atoms with van der Waals surface area (Å²) in [5.41, 5.74) is 2.15. The fourth-order valence-electron chi connectivity index (χ4n) is 3.95. The first-order chi connectivity index (χ1) is 19.7.